The third-order valence-electron chi connectivity index (χ3n) is 4.05. The van der Waals surface area contributed by atoms with Crippen LogP contribution in [-0.4, -0.2) is 27.3 Å². The molecule has 1 atom stereocenters. The van der Waals surface area contributed by atoms with Crippen molar-refractivity contribution >= 4 is 5.91 Å². The van der Waals surface area contributed by atoms with Crippen LogP contribution in [0.1, 0.15) is 55.2 Å². The number of rotatable bonds is 6. The summed E-state index contributed by atoms with van der Waals surface area (Å²) < 4.78 is 7.79. The third-order valence-corrected chi connectivity index (χ3v) is 4.05. The van der Waals surface area contributed by atoms with Gasteiger partial charge in [0, 0.05) is 18.5 Å². The van der Waals surface area contributed by atoms with Gasteiger partial charge in [-0.15, -0.1) is 10.2 Å². The second kappa shape index (κ2) is 7.03. The van der Waals surface area contributed by atoms with Gasteiger partial charge in [-0.05, 0) is 37.5 Å². The lowest BCUT2D eigenvalue weighted by molar-refractivity contribution is 0.0937. The molecule has 1 N–H and O–H groups in total. The second-order valence-corrected chi connectivity index (χ2v) is 6.66. The van der Waals surface area contributed by atoms with Crippen LogP contribution in [0.15, 0.2) is 24.3 Å². The van der Waals surface area contributed by atoms with Gasteiger partial charge in [0.05, 0.1) is 12.6 Å². The molecule has 2 aromatic rings. The van der Waals surface area contributed by atoms with Crippen molar-refractivity contribution in [3.05, 3.63) is 41.5 Å². The molecule has 1 aliphatic rings. The molecule has 0 spiro atoms. The Hall–Kier alpha value is -2.37. The highest BCUT2D eigenvalue weighted by molar-refractivity contribution is 5.94. The number of benzene rings is 1. The molecule has 1 amide bonds. The summed E-state index contributed by atoms with van der Waals surface area (Å²) in [4.78, 5) is 12.5. The molecule has 24 heavy (non-hydrogen) atoms. The van der Waals surface area contributed by atoms with Gasteiger partial charge in [0.15, 0.2) is 5.82 Å². The van der Waals surface area contributed by atoms with Crippen LogP contribution >= 0.6 is 0 Å². The molecular formula is C18H24N4O2. The van der Waals surface area contributed by atoms with Crippen LogP contribution in [0.2, 0.25) is 0 Å². The molecule has 0 fully saturated rings. The van der Waals surface area contributed by atoms with E-state index in [9.17, 15) is 4.79 Å². The number of amides is 1. The largest absolute Gasteiger partial charge is 0.493 e. The summed E-state index contributed by atoms with van der Waals surface area (Å²) in [6.07, 6.45) is 2.05. The number of aromatic nitrogens is 3. The fourth-order valence-electron chi connectivity index (χ4n) is 2.83. The second-order valence-electron chi connectivity index (χ2n) is 6.66. The van der Waals surface area contributed by atoms with Crippen molar-refractivity contribution in [3.8, 4) is 5.75 Å². The minimum atomic E-state index is -0.183. The molecule has 0 saturated heterocycles. The monoisotopic (exact) mass is 328 g/mol. The summed E-state index contributed by atoms with van der Waals surface area (Å²) in [5, 5.41) is 11.4. The zero-order chi connectivity index (χ0) is 17.1. The molecule has 0 radical (unpaired) electrons. The first-order chi connectivity index (χ1) is 11.5. The molecule has 1 aromatic heterocycles. The maximum atomic E-state index is 12.5. The van der Waals surface area contributed by atoms with Crippen LogP contribution in [0.5, 0.6) is 5.75 Å². The van der Waals surface area contributed by atoms with Gasteiger partial charge < -0.3 is 14.6 Å². The van der Waals surface area contributed by atoms with E-state index in [0.717, 1.165) is 31.0 Å². The first-order valence-corrected chi connectivity index (χ1v) is 8.50. The van der Waals surface area contributed by atoms with E-state index < -0.39 is 0 Å². The minimum absolute atomic E-state index is 0.132. The van der Waals surface area contributed by atoms with Gasteiger partial charge in [0.25, 0.3) is 5.91 Å². The fourth-order valence-corrected chi connectivity index (χ4v) is 2.83. The van der Waals surface area contributed by atoms with Gasteiger partial charge in [-0.25, -0.2) is 0 Å². The summed E-state index contributed by atoms with van der Waals surface area (Å²) in [6.45, 7) is 7.68. The van der Waals surface area contributed by atoms with E-state index in [0.29, 0.717) is 23.8 Å². The van der Waals surface area contributed by atoms with E-state index >= 15 is 0 Å². The number of hydrogen-bond donors (Lipinski definition) is 1. The van der Waals surface area contributed by atoms with E-state index in [4.69, 9.17) is 4.74 Å². The molecule has 6 nitrogen and oxygen atoms in total. The Morgan fingerprint density at radius 2 is 2.17 bits per heavy atom. The summed E-state index contributed by atoms with van der Waals surface area (Å²) in [7, 11) is 0. The third kappa shape index (κ3) is 3.58. The normalized spacial score (nSPS) is 14.5. The number of carbonyl (C=O) groups excluding carboxylic acids is 1. The Morgan fingerprint density at radius 3 is 2.96 bits per heavy atom. The topological polar surface area (TPSA) is 69.0 Å². The molecule has 0 bridgehead atoms. The number of hydrogen-bond acceptors (Lipinski definition) is 4. The van der Waals surface area contributed by atoms with Crippen molar-refractivity contribution < 1.29 is 9.53 Å². The molecule has 0 unspecified atom stereocenters. The molecule has 3 rings (SSSR count). The lowest BCUT2D eigenvalue weighted by Gasteiger charge is -2.15. The van der Waals surface area contributed by atoms with Gasteiger partial charge in [-0.3, -0.25) is 4.79 Å². The zero-order valence-electron chi connectivity index (χ0n) is 14.5. The van der Waals surface area contributed by atoms with Crippen LogP contribution in [0.25, 0.3) is 0 Å². The van der Waals surface area contributed by atoms with Gasteiger partial charge in [-0.1, -0.05) is 19.9 Å². The first kappa shape index (κ1) is 16.5. The number of carbonyl (C=O) groups is 1. The summed E-state index contributed by atoms with van der Waals surface area (Å²) in [6, 6.07) is 7.09. The highest BCUT2D eigenvalue weighted by Gasteiger charge is 2.22. The lowest BCUT2D eigenvalue weighted by atomic mass is 10.2. The Balaban J connectivity index is 1.67. The Labute approximate surface area is 142 Å². The van der Waals surface area contributed by atoms with E-state index in [1.807, 2.05) is 19.1 Å². The van der Waals surface area contributed by atoms with E-state index in [-0.39, 0.29) is 11.9 Å². The van der Waals surface area contributed by atoms with Crippen LogP contribution in [0, 0.1) is 5.92 Å². The number of nitrogens with one attached hydrogen (secondary N) is 1. The van der Waals surface area contributed by atoms with Crippen LogP contribution < -0.4 is 10.1 Å². The summed E-state index contributed by atoms with van der Waals surface area (Å²) >= 11 is 0. The molecule has 0 aliphatic carbocycles. The number of aryl methyl sites for hydroxylation is 1. The fraction of sp³-hybridized carbons (Fsp3) is 0.500. The van der Waals surface area contributed by atoms with E-state index in [2.05, 4.69) is 33.9 Å². The van der Waals surface area contributed by atoms with E-state index in [1.165, 1.54) is 0 Å². The number of fused-ring (bicyclic) bond motifs is 1. The van der Waals surface area contributed by atoms with Crippen LogP contribution in [0.4, 0.5) is 0 Å². The maximum absolute atomic E-state index is 12.5. The zero-order valence-corrected chi connectivity index (χ0v) is 14.5. The average Bonchev–Trinajstić information content (AvgIpc) is 3.16. The van der Waals surface area contributed by atoms with Crippen molar-refractivity contribution in [2.24, 2.45) is 5.92 Å². The SMILES string of the molecule is CC(C)COc1cccc(C(=O)N[C@@H](C)c2nnc3n2CCC3)c1. The van der Waals surface area contributed by atoms with Crippen LogP contribution in [-0.2, 0) is 13.0 Å². The average molecular weight is 328 g/mol. The number of ether oxygens (including phenoxy) is 1. The number of nitrogens with zero attached hydrogens (tertiary/aromatic N) is 3. The Kier molecular flexibility index (Phi) is 4.83. The highest BCUT2D eigenvalue weighted by atomic mass is 16.5. The predicted octanol–water partition coefficient (Wildman–Crippen LogP) is 2.75. The molecule has 128 valence electrons. The minimum Gasteiger partial charge on any atom is -0.493 e. The van der Waals surface area contributed by atoms with Crippen LogP contribution in [0.3, 0.4) is 0 Å². The first-order valence-electron chi connectivity index (χ1n) is 8.50. The van der Waals surface area contributed by atoms with Gasteiger partial charge in [0.1, 0.15) is 11.6 Å². The molecule has 2 heterocycles. The Bertz CT molecular complexity index is 724. The Morgan fingerprint density at radius 1 is 1.33 bits per heavy atom. The van der Waals surface area contributed by atoms with Crippen molar-refractivity contribution in [2.75, 3.05) is 6.61 Å². The molecule has 1 aromatic carbocycles. The molecule has 6 heteroatoms. The van der Waals surface area contributed by atoms with Gasteiger partial charge in [0.2, 0.25) is 0 Å². The van der Waals surface area contributed by atoms with Gasteiger partial charge >= 0.3 is 0 Å². The quantitative estimate of drug-likeness (QED) is 0.885. The highest BCUT2D eigenvalue weighted by Crippen LogP contribution is 2.20. The molecule has 1 aliphatic heterocycles. The lowest BCUT2D eigenvalue weighted by Crippen LogP contribution is -2.28. The predicted molar refractivity (Wildman–Crippen MR) is 91.0 cm³/mol. The van der Waals surface area contributed by atoms with Crippen molar-refractivity contribution in [1.29, 1.82) is 0 Å². The van der Waals surface area contributed by atoms with Crippen molar-refractivity contribution in [3.63, 3.8) is 0 Å². The molecular weight excluding hydrogens is 304 g/mol. The van der Waals surface area contributed by atoms with Crippen molar-refractivity contribution in [2.45, 2.75) is 46.2 Å². The smallest absolute Gasteiger partial charge is 0.251 e. The standard InChI is InChI=1S/C18H24N4O2/c1-12(2)11-24-15-7-4-6-14(10-15)18(23)19-13(3)17-21-20-16-8-5-9-22(16)17/h4,6-7,10,12-13H,5,8-9,11H2,1-3H3,(H,19,23)/t13-/m0/s1. The van der Waals surface area contributed by atoms with Gasteiger partial charge in [-0.2, -0.15) is 0 Å². The maximum Gasteiger partial charge on any atom is 0.251 e. The van der Waals surface area contributed by atoms with Crippen molar-refractivity contribution in [1.82, 2.24) is 20.1 Å². The molecule has 0 saturated carbocycles. The summed E-state index contributed by atoms with van der Waals surface area (Å²) in [5.74, 6) is 2.86. The van der Waals surface area contributed by atoms with E-state index in [1.54, 1.807) is 12.1 Å². The summed E-state index contributed by atoms with van der Waals surface area (Å²) in [5.41, 5.74) is 0.587.